The molecule has 0 saturated carbocycles. The second-order valence-electron chi connectivity index (χ2n) is 1.40. The maximum absolute atomic E-state index is 11.5. The van der Waals surface area contributed by atoms with Gasteiger partial charge in [0.25, 0.3) is 0 Å². The van der Waals surface area contributed by atoms with Crippen LogP contribution < -0.4 is 0 Å². The van der Waals surface area contributed by atoms with E-state index in [4.69, 9.17) is 0 Å². The lowest BCUT2D eigenvalue weighted by Gasteiger charge is -2.15. The minimum atomic E-state index is -1.97. The van der Waals surface area contributed by atoms with Gasteiger partial charge in [0.05, 0.1) is 0 Å². The van der Waals surface area contributed by atoms with Crippen molar-refractivity contribution >= 4 is 0 Å². The summed E-state index contributed by atoms with van der Waals surface area (Å²) in [4.78, 5) is 0. The molecule has 0 heterocycles. The molecule has 1 aliphatic carbocycles. The third-order valence-corrected chi connectivity index (χ3v) is 0.861. The topological polar surface area (TPSA) is 0 Å². The highest BCUT2D eigenvalue weighted by atomic mass is 19.2. The van der Waals surface area contributed by atoms with Gasteiger partial charge >= 0.3 is 0 Å². The van der Waals surface area contributed by atoms with Crippen LogP contribution in [-0.4, -0.2) is 12.3 Å². The Hall–Kier alpha value is -0.470. The van der Waals surface area contributed by atoms with Gasteiger partial charge in [-0.2, -0.15) is 0 Å². The summed E-state index contributed by atoms with van der Waals surface area (Å²) in [7, 11) is 0. The minimum Gasteiger partial charge on any atom is -0.239 e. The highest BCUT2D eigenvalue weighted by Gasteiger charge is 2.32. The molecule has 0 aliphatic heterocycles. The van der Waals surface area contributed by atoms with Gasteiger partial charge in [0.1, 0.15) is 5.83 Å². The number of allylic oxidation sites excluding steroid dienone is 2. The monoisotopic (exact) mass is 108 g/mol. The van der Waals surface area contributed by atoms with Gasteiger partial charge < -0.3 is 0 Å². The largest absolute Gasteiger partial charge is 0.239 e. The summed E-state index contributed by atoms with van der Waals surface area (Å²) >= 11 is 0. The Morgan fingerprint density at radius 3 is 2.00 bits per heavy atom. The van der Waals surface area contributed by atoms with Gasteiger partial charge in [-0.3, -0.25) is 0 Å². The van der Waals surface area contributed by atoms with E-state index in [-0.39, 0.29) is 0 Å². The van der Waals surface area contributed by atoms with E-state index in [2.05, 4.69) is 0 Å². The molecule has 0 aromatic heterocycles. The van der Waals surface area contributed by atoms with Crippen LogP contribution in [0.15, 0.2) is 11.9 Å². The first-order valence-electron chi connectivity index (χ1n) is 1.87. The first-order valence-corrected chi connectivity index (χ1v) is 1.87. The number of halogens is 3. The molecule has 2 unspecified atom stereocenters. The normalized spacial score (nSPS) is 39.6. The molecule has 2 atom stereocenters. The number of hydrogen-bond acceptors (Lipinski definition) is 0. The van der Waals surface area contributed by atoms with Crippen molar-refractivity contribution in [1.29, 1.82) is 0 Å². The molecule has 1 aliphatic rings. The molecule has 0 radical (unpaired) electrons. The van der Waals surface area contributed by atoms with Gasteiger partial charge in [0, 0.05) is 0 Å². The number of alkyl halides is 2. The summed E-state index contributed by atoms with van der Waals surface area (Å²) in [5.41, 5.74) is 0. The Morgan fingerprint density at radius 2 is 2.00 bits per heavy atom. The van der Waals surface area contributed by atoms with Crippen LogP contribution >= 0.6 is 0 Å². The quantitative estimate of drug-likeness (QED) is 0.441. The fraction of sp³-hybridized carbons (Fsp3) is 0.500. The van der Waals surface area contributed by atoms with Gasteiger partial charge in [-0.05, 0) is 6.08 Å². The van der Waals surface area contributed by atoms with Crippen molar-refractivity contribution in [2.24, 2.45) is 0 Å². The van der Waals surface area contributed by atoms with Crippen molar-refractivity contribution in [3.63, 3.8) is 0 Å². The summed E-state index contributed by atoms with van der Waals surface area (Å²) < 4.78 is 34.4. The van der Waals surface area contributed by atoms with Crippen molar-refractivity contribution in [2.45, 2.75) is 12.3 Å². The molecule has 0 nitrogen and oxygen atoms in total. The zero-order chi connectivity index (χ0) is 5.44. The van der Waals surface area contributed by atoms with Crippen molar-refractivity contribution in [1.82, 2.24) is 0 Å². The molecule has 0 spiro atoms. The molecule has 40 valence electrons. The second-order valence-corrected chi connectivity index (χ2v) is 1.40. The Balaban J connectivity index is 2.57. The van der Waals surface area contributed by atoms with Crippen LogP contribution in [0.3, 0.4) is 0 Å². The smallest absolute Gasteiger partial charge is 0.186 e. The molecule has 7 heavy (non-hydrogen) atoms. The molecule has 1 rings (SSSR count). The minimum absolute atomic E-state index is 0.616. The van der Waals surface area contributed by atoms with E-state index in [1.54, 1.807) is 0 Å². The zero-order valence-electron chi connectivity index (χ0n) is 3.37. The van der Waals surface area contributed by atoms with Gasteiger partial charge in [0.2, 0.25) is 0 Å². The van der Waals surface area contributed by atoms with Crippen LogP contribution in [0.2, 0.25) is 0 Å². The average molecular weight is 108 g/mol. The zero-order valence-corrected chi connectivity index (χ0v) is 3.37. The summed E-state index contributed by atoms with van der Waals surface area (Å²) in [6, 6.07) is 0. The second kappa shape index (κ2) is 1.25. The highest BCUT2D eigenvalue weighted by Crippen LogP contribution is 2.26. The van der Waals surface area contributed by atoms with E-state index in [0.717, 1.165) is 0 Å². The SMILES string of the molecule is FC1=CC(F)C1F. The maximum Gasteiger partial charge on any atom is 0.186 e. The fourth-order valence-corrected chi connectivity index (χ4v) is 0.362. The molecule has 0 bridgehead atoms. The third-order valence-electron chi connectivity index (χ3n) is 0.861. The molecular formula is C4H3F3. The molecule has 0 aromatic carbocycles. The molecule has 0 N–H and O–H groups in total. The van der Waals surface area contributed by atoms with Crippen LogP contribution in [-0.2, 0) is 0 Å². The molecule has 0 amide bonds. The van der Waals surface area contributed by atoms with E-state index < -0.39 is 18.2 Å². The predicted octanol–water partition coefficient (Wildman–Crippen LogP) is 1.53. The highest BCUT2D eigenvalue weighted by molar-refractivity contribution is 5.18. The van der Waals surface area contributed by atoms with E-state index in [9.17, 15) is 13.2 Å². The Bertz CT molecular complexity index is 108. The lowest BCUT2D eigenvalue weighted by atomic mass is 10.1. The Kier molecular flexibility index (Phi) is 0.836. The average Bonchev–Trinajstić information content (AvgIpc) is 1.68. The van der Waals surface area contributed by atoms with Crippen molar-refractivity contribution < 1.29 is 13.2 Å². The Labute approximate surface area is 38.6 Å². The molecule has 0 fully saturated rings. The molecular weight excluding hydrogens is 105 g/mol. The van der Waals surface area contributed by atoms with Crippen LogP contribution in [0, 0.1) is 0 Å². The number of hydrogen-bond donors (Lipinski definition) is 0. The van der Waals surface area contributed by atoms with Crippen LogP contribution in [0.5, 0.6) is 0 Å². The maximum atomic E-state index is 11.5. The molecule has 3 heteroatoms. The first-order chi connectivity index (χ1) is 3.22. The van der Waals surface area contributed by atoms with Crippen molar-refractivity contribution in [2.75, 3.05) is 0 Å². The third kappa shape index (κ3) is 0.518. The van der Waals surface area contributed by atoms with Gasteiger partial charge in [-0.25, -0.2) is 13.2 Å². The van der Waals surface area contributed by atoms with E-state index in [0.29, 0.717) is 6.08 Å². The van der Waals surface area contributed by atoms with Gasteiger partial charge in [0.15, 0.2) is 12.3 Å². The molecule has 0 saturated heterocycles. The van der Waals surface area contributed by atoms with Gasteiger partial charge in [-0.15, -0.1) is 0 Å². The van der Waals surface area contributed by atoms with Crippen LogP contribution in [0.1, 0.15) is 0 Å². The summed E-state index contributed by atoms with van der Waals surface area (Å²) in [5, 5.41) is 0. The molecule has 0 aromatic rings. The predicted molar refractivity (Wildman–Crippen MR) is 19.0 cm³/mol. The summed E-state index contributed by atoms with van der Waals surface area (Å²) in [6.07, 6.45) is -3.05. The first kappa shape index (κ1) is 4.68. The lowest BCUT2D eigenvalue weighted by molar-refractivity contribution is 0.170. The summed E-state index contributed by atoms with van der Waals surface area (Å²) in [5.74, 6) is -0.979. The van der Waals surface area contributed by atoms with Crippen LogP contribution in [0.25, 0.3) is 0 Å². The van der Waals surface area contributed by atoms with Crippen molar-refractivity contribution in [3.05, 3.63) is 11.9 Å². The number of rotatable bonds is 0. The van der Waals surface area contributed by atoms with E-state index in [1.807, 2.05) is 0 Å². The van der Waals surface area contributed by atoms with Crippen LogP contribution in [0.4, 0.5) is 13.2 Å². The fourth-order valence-electron chi connectivity index (χ4n) is 0.362. The lowest BCUT2D eigenvalue weighted by Crippen LogP contribution is -2.25. The Morgan fingerprint density at radius 1 is 1.43 bits per heavy atom. The van der Waals surface area contributed by atoms with Gasteiger partial charge in [-0.1, -0.05) is 0 Å². The van der Waals surface area contributed by atoms with E-state index in [1.165, 1.54) is 0 Å². The standard InChI is InChI=1S/C4H3F3/c5-2-1-3(6)4(2)7/h1-2,4H. The summed E-state index contributed by atoms with van der Waals surface area (Å²) in [6.45, 7) is 0. The van der Waals surface area contributed by atoms with E-state index >= 15 is 0 Å². The van der Waals surface area contributed by atoms with Crippen molar-refractivity contribution in [3.8, 4) is 0 Å².